The summed E-state index contributed by atoms with van der Waals surface area (Å²) in [7, 11) is 0. The van der Waals surface area contributed by atoms with Gasteiger partial charge >= 0.3 is 0 Å². The predicted molar refractivity (Wildman–Crippen MR) is 123 cm³/mol. The van der Waals surface area contributed by atoms with E-state index in [9.17, 15) is 4.39 Å². The van der Waals surface area contributed by atoms with Gasteiger partial charge in [-0.25, -0.2) is 4.39 Å². The molecule has 2 aliphatic heterocycles. The number of ether oxygens (including phenoxy) is 2. The van der Waals surface area contributed by atoms with Crippen LogP contribution in [0.4, 0.5) is 4.39 Å². The number of hydrogen-bond acceptors (Lipinski definition) is 3. The maximum Gasteiger partial charge on any atom is 0.194 e. The van der Waals surface area contributed by atoms with Crippen molar-refractivity contribution < 1.29 is 13.9 Å². The third-order valence-electron chi connectivity index (χ3n) is 6.49. The average Bonchev–Trinajstić information content (AvgIpc) is 3.12. The number of benzene rings is 1. The Balaban J connectivity index is 0.00000240. The summed E-state index contributed by atoms with van der Waals surface area (Å²) in [6.45, 7) is 11.8. The molecule has 2 saturated heterocycles. The summed E-state index contributed by atoms with van der Waals surface area (Å²) in [5, 5.41) is 3.77. The Morgan fingerprint density at radius 2 is 2.00 bits per heavy atom. The zero-order valence-corrected chi connectivity index (χ0v) is 20.1. The standard InChI is InChI=1S/C22H32FN3O2.HI/c1-5-24-21(25-19-17-10-11-27-20(17)22(19,3)4)26-12-14(2)28-18(13-26)15-6-8-16(23)9-7-15;/h6-9,14,17-20H,5,10-13H2,1-4H3,(H,24,25);1H. The summed E-state index contributed by atoms with van der Waals surface area (Å²) in [6, 6.07) is 7.00. The summed E-state index contributed by atoms with van der Waals surface area (Å²) in [4.78, 5) is 7.10. The summed E-state index contributed by atoms with van der Waals surface area (Å²) < 4.78 is 25.4. The second kappa shape index (κ2) is 9.06. The smallest absolute Gasteiger partial charge is 0.194 e. The van der Waals surface area contributed by atoms with E-state index in [1.165, 1.54) is 12.1 Å². The highest BCUT2D eigenvalue weighted by molar-refractivity contribution is 14.0. The van der Waals surface area contributed by atoms with Gasteiger partial charge in [0.2, 0.25) is 0 Å². The van der Waals surface area contributed by atoms with Crippen LogP contribution in [0.1, 0.15) is 45.8 Å². The molecular weight excluding hydrogens is 484 g/mol. The van der Waals surface area contributed by atoms with Crippen LogP contribution in [0.15, 0.2) is 29.3 Å². The minimum atomic E-state index is -0.222. The van der Waals surface area contributed by atoms with Crippen molar-refractivity contribution in [1.82, 2.24) is 10.2 Å². The molecule has 29 heavy (non-hydrogen) atoms. The molecule has 1 aromatic rings. The molecule has 0 bridgehead atoms. The van der Waals surface area contributed by atoms with Gasteiger partial charge in [-0.3, -0.25) is 4.99 Å². The summed E-state index contributed by atoms with van der Waals surface area (Å²) in [5.74, 6) is 1.29. The lowest BCUT2D eigenvalue weighted by Crippen LogP contribution is -2.68. The topological polar surface area (TPSA) is 46.1 Å². The normalized spacial score (nSPS) is 33.5. The van der Waals surface area contributed by atoms with E-state index in [1.54, 1.807) is 0 Å². The van der Waals surface area contributed by atoms with Crippen molar-refractivity contribution in [2.45, 2.75) is 58.5 Å². The van der Waals surface area contributed by atoms with E-state index in [-0.39, 0.29) is 47.4 Å². The number of guanidine groups is 1. The maximum absolute atomic E-state index is 13.3. The minimum Gasteiger partial charge on any atom is -0.377 e. The zero-order chi connectivity index (χ0) is 19.9. The molecule has 4 rings (SSSR count). The third kappa shape index (κ3) is 4.42. The number of aliphatic imine (C=N–C) groups is 1. The van der Waals surface area contributed by atoms with E-state index < -0.39 is 0 Å². The van der Waals surface area contributed by atoms with E-state index in [4.69, 9.17) is 14.5 Å². The molecule has 0 aromatic heterocycles. The number of morpholine rings is 1. The lowest BCUT2D eigenvalue weighted by molar-refractivity contribution is -0.108. The molecule has 0 radical (unpaired) electrons. The Morgan fingerprint density at radius 3 is 2.69 bits per heavy atom. The number of halogens is 2. The van der Waals surface area contributed by atoms with Gasteiger partial charge in [-0.1, -0.05) is 26.0 Å². The average molecular weight is 517 g/mol. The van der Waals surface area contributed by atoms with Crippen molar-refractivity contribution in [3.8, 4) is 0 Å². The molecule has 2 heterocycles. The lowest BCUT2D eigenvalue weighted by Gasteiger charge is -2.55. The Labute approximate surface area is 190 Å². The van der Waals surface area contributed by atoms with Crippen molar-refractivity contribution in [3.63, 3.8) is 0 Å². The molecule has 1 N–H and O–H groups in total. The van der Waals surface area contributed by atoms with Crippen LogP contribution in [-0.2, 0) is 9.47 Å². The molecule has 0 spiro atoms. The van der Waals surface area contributed by atoms with Crippen LogP contribution in [0.3, 0.4) is 0 Å². The number of nitrogens with zero attached hydrogens (tertiary/aromatic N) is 2. The van der Waals surface area contributed by atoms with Gasteiger partial charge in [-0.15, -0.1) is 24.0 Å². The Kier molecular flexibility index (Phi) is 7.10. The van der Waals surface area contributed by atoms with Crippen LogP contribution in [0.2, 0.25) is 0 Å². The predicted octanol–water partition coefficient (Wildman–Crippen LogP) is 3.98. The van der Waals surface area contributed by atoms with Crippen LogP contribution in [-0.4, -0.2) is 55.4 Å². The zero-order valence-electron chi connectivity index (χ0n) is 17.7. The summed E-state index contributed by atoms with van der Waals surface area (Å²) >= 11 is 0. The molecule has 5 nitrogen and oxygen atoms in total. The number of nitrogens with one attached hydrogen (secondary N) is 1. The lowest BCUT2D eigenvalue weighted by atomic mass is 9.57. The van der Waals surface area contributed by atoms with E-state index in [0.717, 1.165) is 37.6 Å². The fraction of sp³-hybridized carbons (Fsp3) is 0.682. The quantitative estimate of drug-likeness (QED) is 0.375. The number of fused-ring (bicyclic) bond motifs is 1. The van der Waals surface area contributed by atoms with Gasteiger partial charge in [0, 0.05) is 37.1 Å². The molecule has 162 valence electrons. The van der Waals surface area contributed by atoms with Gasteiger partial charge in [0.15, 0.2) is 5.96 Å². The van der Waals surface area contributed by atoms with Crippen LogP contribution in [0, 0.1) is 17.2 Å². The summed E-state index contributed by atoms with van der Waals surface area (Å²) in [6.07, 6.45) is 1.45. The van der Waals surface area contributed by atoms with Crippen molar-refractivity contribution in [3.05, 3.63) is 35.6 Å². The van der Waals surface area contributed by atoms with Crippen molar-refractivity contribution in [2.24, 2.45) is 16.3 Å². The molecule has 7 heteroatoms. The van der Waals surface area contributed by atoms with E-state index in [0.29, 0.717) is 24.6 Å². The van der Waals surface area contributed by atoms with Crippen LogP contribution >= 0.6 is 24.0 Å². The largest absolute Gasteiger partial charge is 0.377 e. The van der Waals surface area contributed by atoms with Crippen molar-refractivity contribution >= 4 is 29.9 Å². The van der Waals surface area contributed by atoms with Crippen molar-refractivity contribution in [2.75, 3.05) is 26.2 Å². The van der Waals surface area contributed by atoms with Crippen LogP contribution in [0.5, 0.6) is 0 Å². The Morgan fingerprint density at radius 1 is 1.28 bits per heavy atom. The van der Waals surface area contributed by atoms with E-state index in [1.807, 2.05) is 12.1 Å². The fourth-order valence-corrected chi connectivity index (χ4v) is 5.13. The van der Waals surface area contributed by atoms with Gasteiger partial charge < -0.3 is 19.7 Å². The van der Waals surface area contributed by atoms with E-state index in [2.05, 4.69) is 37.9 Å². The third-order valence-corrected chi connectivity index (χ3v) is 6.49. The van der Waals surface area contributed by atoms with Crippen molar-refractivity contribution in [1.29, 1.82) is 0 Å². The first-order valence-electron chi connectivity index (χ1n) is 10.5. The second-order valence-corrected chi connectivity index (χ2v) is 8.88. The molecule has 0 amide bonds. The first-order valence-corrected chi connectivity index (χ1v) is 10.5. The number of hydrogen-bond donors (Lipinski definition) is 1. The van der Waals surface area contributed by atoms with Gasteiger partial charge in [-0.05, 0) is 38.0 Å². The summed E-state index contributed by atoms with van der Waals surface area (Å²) in [5.41, 5.74) is 1.10. The molecule has 1 saturated carbocycles. The Hall–Kier alpha value is -0.930. The highest BCUT2D eigenvalue weighted by Crippen LogP contribution is 2.52. The molecular formula is C22H33FIN3O2. The second-order valence-electron chi connectivity index (χ2n) is 8.88. The maximum atomic E-state index is 13.3. The van der Waals surface area contributed by atoms with Gasteiger partial charge in [-0.2, -0.15) is 0 Å². The molecule has 1 aromatic carbocycles. The molecule has 1 aliphatic carbocycles. The monoisotopic (exact) mass is 517 g/mol. The SMILES string of the molecule is CCN=C(NC1C2CCOC2C1(C)C)N1CC(C)OC(c2ccc(F)cc2)C1.I. The van der Waals surface area contributed by atoms with Crippen LogP contribution < -0.4 is 5.32 Å². The van der Waals surface area contributed by atoms with Gasteiger partial charge in [0.05, 0.1) is 18.8 Å². The Bertz CT molecular complexity index is 727. The molecule has 5 atom stereocenters. The highest BCUT2D eigenvalue weighted by atomic mass is 127. The van der Waals surface area contributed by atoms with Gasteiger partial charge in [0.25, 0.3) is 0 Å². The van der Waals surface area contributed by atoms with Crippen LogP contribution in [0.25, 0.3) is 0 Å². The fourth-order valence-electron chi connectivity index (χ4n) is 5.13. The highest BCUT2D eigenvalue weighted by Gasteiger charge is 2.59. The minimum absolute atomic E-state index is 0. The number of rotatable bonds is 3. The van der Waals surface area contributed by atoms with E-state index >= 15 is 0 Å². The first-order chi connectivity index (χ1) is 13.4. The molecule has 3 fully saturated rings. The molecule has 3 aliphatic rings. The van der Waals surface area contributed by atoms with Gasteiger partial charge in [0.1, 0.15) is 11.9 Å². The first kappa shape index (κ1) is 22.7. The molecule has 5 unspecified atom stereocenters.